The van der Waals surface area contributed by atoms with Gasteiger partial charge >= 0.3 is 5.97 Å². The molecule has 0 unspecified atom stereocenters. The SMILES string of the molecule is COCCC1(C(=O)O)CCCCCCC1. The van der Waals surface area contributed by atoms with E-state index >= 15 is 0 Å². The summed E-state index contributed by atoms with van der Waals surface area (Å²) in [5.74, 6) is -0.624. The molecule has 0 spiro atoms. The van der Waals surface area contributed by atoms with E-state index in [0.29, 0.717) is 13.0 Å². The van der Waals surface area contributed by atoms with Gasteiger partial charge in [-0.3, -0.25) is 4.79 Å². The second-order valence-electron chi connectivity index (χ2n) is 4.60. The minimum absolute atomic E-state index is 0.504. The van der Waals surface area contributed by atoms with E-state index in [1.807, 2.05) is 0 Å². The Bertz CT molecular complexity index is 188. The quantitative estimate of drug-likeness (QED) is 0.782. The highest BCUT2D eigenvalue weighted by atomic mass is 16.5. The average molecular weight is 214 g/mol. The van der Waals surface area contributed by atoms with Crippen molar-refractivity contribution in [3.63, 3.8) is 0 Å². The molecule has 0 bridgehead atoms. The first-order chi connectivity index (χ1) is 7.21. The molecular formula is C12H22O3. The van der Waals surface area contributed by atoms with Gasteiger partial charge in [0.05, 0.1) is 5.41 Å². The van der Waals surface area contributed by atoms with Crippen molar-refractivity contribution in [2.24, 2.45) is 5.41 Å². The molecule has 1 fully saturated rings. The second-order valence-corrected chi connectivity index (χ2v) is 4.60. The topological polar surface area (TPSA) is 46.5 Å². The molecular weight excluding hydrogens is 192 g/mol. The molecule has 15 heavy (non-hydrogen) atoms. The van der Waals surface area contributed by atoms with E-state index in [9.17, 15) is 9.90 Å². The fourth-order valence-electron chi connectivity index (χ4n) is 2.45. The molecule has 0 radical (unpaired) electrons. The van der Waals surface area contributed by atoms with Crippen molar-refractivity contribution in [1.82, 2.24) is 0 Å². The molecule has 0 heterocycles. The predicted molar refractivity (Wildman–Crippen MR) is 58.9 cm³/mol. The van der Waals surface area contributed by atoms with Crippen molar-refractivity contribution in [3.8, 4) is 0 Å². The molecule has 3 nitrogen and oxygen atoms in total. The van der Waals surface area contributed by atoms with Crippen LogP contribution in [0.2, 0.25) is 0 Å². The molecule has 0 atom stereocenters. The number of carboxylic acids is 1. The first-order valence-electron chi connectivity index (χ1n) is 5.94. The number of carboxylic acid groups (broad SMARTS) is 1. The average Bonchev–Trinajstić information content (AvgIpc) is 2.16. The van der Waals surface area contributed by atoms with Crippen LogP contribution in [0.4, 0.5) is 0 Å². The molecule has 0 aromatic carbocycles. The molecule has 1 N–H and O–H groups in total. The molecule has 0 aromatic rings. The highest BCUT2D eigenvalue weighted by Gasteiger charge is 2.37. The van der Waals surface area contributed by atoms with Crippen molar-refractivity contribution >= 4 is 5.97 Å². The van der Waals surface area contributed by atoms with Gasteiger partial charge in [-0.1, -0.05) is 32.1 Å². The van der Waals surface area contributed by atoms with Crippen LogP contribution in [-0.2, 0) is 9.53 Å². The largest absolute Gasteiger partial charge is 0.481 e. The van der Waals surface area contributed by atoms with Gasteiger partial charge in [-0.05, 0) is 19.3 Å². The highest BCUT2D eigenvalue weighted by molar-refractivity contribution is 5.74. The smallest absolute Gasteiger partial charge is 0.309 e. The normalized spacial score (nSPS) is 21.7. The summed E-state index contributed by atoms with van der Waals surface area (Å²) in [4.78, 5) is 11.4. The molecule has 1 saturated carbocycles. The standard InChI is InChI=1S/C12H22O3/c1-15-10-9-12(11(13)14)7-5-3-2-4-6-8-12/h2-10H2,1H3,(H,13,14). The van der Waals surface area contributed by atoms with Crippen molar-refractivity contribution in [2.45, 2.75) is 51.4 Å². The van der Waals surface area contributed by atoms with Crippen LogP contribution in [-0.4, -0.2) is 24.8 Å². The van der Waals surface area contributed by atoms with E-state index in [1.54, 1.807) is 7.11 Å². The molecule has 3 heteroatoms. The minimum atomic E-state index is -0.624. The minimum Gasteiger partial charge on any atom is -0.481 e. The lowest BCUT2D eigenvalue weighted by atomic mass is 9.74. The molecule has 0 aliphatic heterocycles. The highest BCUT2D eigenvalue weighted by Crippen LogP contribution is 2.37. The summed E-state index contributed by atoms with van der Waals surface area (Å²) >= 11 is 0. The van der Waals surface area contributed by atoms with Crippen LogP contribution in [0.1, 0.15) is 51.4 Å². The van der Waals surface area contributed by atoms with Gasteiger partial charge in [-0.15, -0.1) is 0 Å². The molecule has 88 valence electrons. The lowest BCUT2D eigenvalue weighted by Gasteiger charge is -2.31. The molecule has 0 saturated heterocycles. The van der Waals surface area contributed by atoms with Gasteiger partial charge in [-0.25, -0.2) is 0 Å². The van der Waals surface area contributed by atoms with Crippen molar-refractivity contribution in [1.29, 1.82) is 0 Å². The maximum absolute atomic E-state index is 11.4. The lowest BCUT2D eigenvalue weighted by Crippen LogP contribution is -2.33. The van der Waals surface area contributed by atoms with E-state index in [0.717, 1.165) is 25.7 Å². The third-order valence-corrected chi connectivity index (χ3v) is 3.55. The number of carbonyl (C=O) groups is 1. The number of hydrogen-bond donors (Lipinski definition) is 1. The molecule has 0 aromatic heterocycles. The van der Waals surface area contributed by atoms with Gasteiger partial charge in [-0.2, -0.15) is 0 Å². The third kappa shape index (κ3) is 3.49. The Morgan fingerprint density at radius 3 is 2.20 bits per heavy atom. The van der Waals surface area contributed by atoms with Gasteiger partial charge in [0.25, 0.3) is 0 Å². The van der Waals surface area contributed by atoms with Crippen LogP contribution in [0.15, 0.2) is 0 Å². The maximum atomic E-state index is 11.4. The summed E-state index contributed by atoms with van der Waals surface area (Å²) in [6.45, 7) is 0.562. The number of hydrogen-bond acceptors (Lipinski definition) is 2. The van der Waals surface area contributed by atoms with E-state index in [2.05, 4.69) is 0 Å². The predicted octanol–water partition coefficient (Wildman–Crippen LogP) is 2.84. The van der Waals surface area contributed by atoms with Crippen molar-refractivity contribution < 1.29 is 14.6 Å². The zero-order valence-electron chi connectivity index (χ0n) is 9.63. The zero-order chi connectivity index (χ0) is 11.1. The Balaban J connectivity index is 2.62. The van der Waals surface area contributed by atoms with E-state index < -0.39 is 11.4 Å². The Labute approximate surface area is 91.8 Å². The summed E-state index contributed by atoms with van der Waals surface area (Å²) in [5, 5.41) is 9.38. The monoisotopic (exact) mass is 214 g/mol. The van der Waals surface area contributed by atoms with Gasteiger partial charge in [0.15, 0.2) is 0 Å². The second kappa shape index (κ2) is 6.11. The van der Waals surface area contributed by atoms with Crippen LogP contribution in [0.25, 0.3) is 0 Å². The summed E-state index contributed by atoms with van der Waals surface area (Å²) in [7, 11) is 1.64. The molecule has 0 amide bonds. The van der Waals surface area contributed by atoms with Crippen LogP contribution < -0.4 is 0 Å². The first kappa shape index (κ1) is 12.5. The van der Waals surface area contributed by atoms with Crippen LogP contribution in [0.5, 0.6) is 0 Å². The summed E-state index contributed by atoms with van der Waals surface area (Å²) in [5.41, 5.74) is -0.504. The number of aliphatic carboxylic acids is 1. The van der Waals surface area contributed by atoms with Gasteiger partial charge in [0, 0.05) is 13.7 Å². The third-order valence-electron chi connectivity index (χ3n) is 3.55. The van der Waals surface area contributed by atoms with Gasteiger partial charge < -0.3 is 9.84 Å². The maximum Gasteiger partial charge on any atom is 0.309 e. The van der Waals surface area contributed by atoms with E-state index in [1.165, 1.54) is 19.3 Å². The van der Waals surface area contributed by atoms with Crippen LogP contribution in [0, 0.1) is 5.41 Å². The fourth-order valence-corrected chi connectivity index (χ4v) is 2.45. The Morgan fingerprint density at radius 1 is 1.20 bits per heavy atom. The van der Waals surface area contributed by atoms with Crippen molar-refractivity contribution in [3.05, 3.63) is 0 Å². The van der Waals surface area contributed by atoms with Crippen molar-refractivity contribution in [2.75, 3.05) is 13.7 Å². The van der Waals surface area contributed by atoms with Crippen LogP contribution >= 0.6 is 0 Å². The van der Waals surface area contributed by atoms with Gasteiger partial charge in [0.1, 0.15) is 0 Å². The van der Waals surface area contributed by atoms with E-state index in [4.69, 9.17) is 4.74 Å². The van der Waals surface area contributed by atoms with Gasteiger partial charge in [0.2, 0.25) is 0 Å². The Morgan fingerprint density at radius 2 is 1.73 bits per heavy atom. The number of methoxy groups -OCH3 is 1. The lowest BCUT2D eigenvalue weighted by molar-refractivity contribution is -0.151. The summed E-state index contributed by atoms with van der Waals surface area (Å²) < 4.78 is 5.03. The Kier molecular flexibility index (Phi) is 5.09. The summed E-state index contributed by atoms with van der Waals surface area (Å²) in [6, 6.07) is 0. The zero-order valence-corrected chi connectivity index (χ0v) is 9.63. The molecule has 1 aliphatic rings. The fraction of sp³-hybridized carbons (Fsp3) is 0.917. The number of rotatable bonds is 4. The Hall–Kier alpha value is -0.570. The number of ether oxygens (including phenoxy) is 1. The summed E-state index contributed by atoms with van der Waals surface area (Å²) in [6.07, 6.45) is 8.05. The first-order valence-corrected chi connectivity index (χ1v) is 5.94. The van der Waals surface area contributed by atoms with Crippen LogP contribution in [0.3, 0.4) is 0 Å². The molecule has 1 rings (SSSR count). The van der Waals surface area contributed by atoms with E-state index in [-0.39, 0.29) is 0 Å². The molecule has 1 aliphatic carbocycles.